The molecule has 2 fully saturated rings. The van der Waals surface area contributed by atoms with Gasteiger partial charge in [-0.2, -0.15) is 0 Å². The highest BCUT2D eigenvalue weighted by molar-refractivity contribution is 7.92. The molecule has 0 radical (unpaired) electrons. The van der Waals surface area contributed by atoms with Crippen molar-refractivity contribution < 1.29 is 31.5 Å². The lowest BCUT2D eigenvalue weighted by molar-refractivity contribution is 0.0606. The maximum Gasteiger partial charge on any atom is 0.337 e. The van der Waals surface area contributed by atoms with E-state index in [0.717, 1.165) is 61.8 Å². The molecule has 6 N–H and O–H groups in total. The predicted octanol–water partition coefficient (Wildman–Crippen LogP) is 4.59. The molecule has 0 bridgehead atoms. The molecule has 2 aromatic carbocycles. The van der Waals surface area contributed by atoms with Crippen LogP contribution in [0, 0.1) is 27.7 Å². The quantitative estimate of drug-likeness (QED) is 0.123. The smallest absolute Gasteiger partial charge is 0.337 e. The second kappa shape index (κ2) is 19.0. The molecule has 2 aliphatic heterocycles. The highest BCUT2D eigenvalue weighted by Gasteiger charge is 2.32. The Hall–Kier alpha value is -6.32. The lowest BCUT2D eigenvalue weighted by Crippen LogP contribution is -2.39. The number of piperidine rings is 2. The van der Waals surface area contributed by atoms with Gasteiger partial charge in [0, 0.05) is 47.2 Å². The number of aromatic amines is 2. The number of amides is 1. The Morgan fingerprint density at radius 3 is 1.71 bits per heavy atom. The minimum absolute atomic E-state index is 0.000408. The number of sulfonamides is 2. The Labute approximate surface area is 364 Å². The van der Waals surface area contributed by atoms with Crippen LogP contribution >= 0.6 is 0 Å². The van der Waals surface area contributed by atoms with E-state index in [4.69, 9.17) is 5.11 Å². The van der Waals surface area contributed by atoms with Crippen molar-refractivity contribution in [2.45, 2.75) is 78.3 Å². The summed E-state index contributed by atoms with van der Waals surface area (Å²) in [6, 6.07) is 16.2. The van der Waals surface area contributed by atoms with Crippen LogP contribution in [-0.4, -0.2) is 93.5 Å². The Kier molecular flexibility index (Phi) is 13.9. The lowest BCUT2D eigenvalue weighted by Gasteiger charge is -2.35. The van der Waals surface area contributed by atoms with E-state index in [-0.39, 0.29) is 45.6 Å². The molecule has 19 nitrogen and oxygen atoms in total. The van der Waals surface area contributed by atoms with Crippen LogP contribution in [0.2, 0.25) is 0 Å². The van der Waals surface area contributed by atoms with Crippen molar-refractivity contribution in [1.29, 1.82) is 0 Å². The molecule has 2 atom stereocenters. The van der Waals surface area contributed by atoms with Crippen LogP contribution in [-0.2, 0) is 20.0 Å². The number of likely N-dealkylation sites (tertiary alicyclic amines) is 1. The number of carboxylic acids is 1. The number of carbonyl (C=O) groups excluding carboxylic acids is 1. The van der Waals surface area contributed by atoms with E-state index in [1.54, 1.807) is 53.6 Å². The van der Waals surface area contributed by atoms with Crippen molar-refractivity contribution in [1.82, 2.24) is 39.4 Å². The third-order valence-corrected chi connectivity index (χ3v) is 12.1. The molecule has 0 saturated carbocycles. The number of benzene rings is 2. The van der Waals surface area contributed by atoms with Gasteiger partial charge in [0.1, 0.15) is 0 Å². The fourth-order valence-electron chi connectivity index (χ4n) is 7.51. The molecule has 0 unspecified atom stereocenters. The first-order chi connectivity index (χ1) is 29.7. The van der Waals surface area contributed by atoms with E-state index in [1.165, 1.54) is 35.6 Å². The van der Waals surface area contributed by atoms with Crippen molar-refractivity contribution in [3.05, 3.63) is 126 Å². The van der Waals surface area contributed by atoms with Gasteiger partial charge in [-0.25, -0.2) is 40.6 Å². The zero-order valence-electron chi connectivity index (χ0n) is 35.9. The minimum Gasteiger partial charge on any atom is -0.478 e. The number of aryl methyl sites for hydroxylation is 2. The number of hydrogen-bond acceptors (Lipinski definition) is 11. The SMILES string of the molecule is CS(=O)(=O)Nc1ccccc1C(=O)O.Cc1nc2cc([C@@H]3CCCCN3)[nH]n2c(=O)c1C.Cc1nc2cc([C@@H]3CCCCN3C(=O)c3ccccc3NS(C)(=O)=O)[nH]n2c(=O)c1C. The van der Waals surface area contributed by atoms with Crippen molar-refractivity contribution in [2.24, 2.45) is 0 Å². The van der Waals surface area contributed by atoms with Gasteiger partial charge >= 0.3 is 5.97 Å². The first-order valence-corrected chi connectivity index (χ1v) is 24.1. The molecule has 21 heteroatoms. The zero-order valence-corrected chi connectivity index (χ0v) is 37.5. The van der Waals surface area contributed by atoms with Crippen molar-refractivity contribution in [3.63, 3.8) is 0 Å². The molecular formula is C42H52N10O9S2. The van der Waals surface area contributed by atoms with Crippen LogP contribution in [0.5, 0.6) is 0 Å². The third kappa shape index (κ3) is 11.0. The molecular weight excluding hydrogens is 853 g/mol. The Bertz CT molecular complexity index is 3020. The fourth-order valence-corrected chi connectivity index (χ4v) is 8.67. The summed E-state index contributed by atoms with van der Waals surface area (Å²) in [5.74, 6) is -1.43. The summed E-state index contributed by atoms with van der Waals surface area (Å²) >= 11 is 0. The van der Waals surface area contributed by atoms with Gasteiger partial charge in [-0.15, -0.1) is 0 Å². The number of nitrogens with zero attached hydrogens (tertiary/aromatic N) is 5. The molecule has 4 aromatic heterocycles. The van der Waals surface area contributed by atoms with Gasteiger partial charge < -0.3 is 15.3 Å². The summed E-state index contributed by atoms with van der Waals surface area (Å²) in [6.07, 6.45) is 8.10. The second-order valence-corrected chi connectivity index (χ2v) is 19.2. The van der Waals surface area contributed by atoms with Crippen molar-refractivity contribution >= 4 is 54.6 Å². The first-order valence-electron chi connectivity index (χ1n) is 20.3. The van der Waals surface area contributed by atoms with Crippen LogP contribution in [0.3, 0.4) is 0 Å². The summed E-state index contributed by atoms with van der Waals surface area (Å²) in [7, 11) is -6.98. The Morgan fingerprint density at radius 1 is 0.698 bits per heavy atom. The van der Waals surface area contributed by atoms with Crippen LogP contribution in [0.4, 0.5) is 11.4 Å². The van der Waals surface area contributed by atoms with Gasteiger partial charge in [-0.1, -0.05) is 30.7 Å². The van der Waals surface area contributed by atoms with Crippen molar-refractivity contribution in [2.75, 3.05) is 35.0 Å². The van der Waals surface area contributed by atoms with E-state index in [0.29, 0.717) is 40.7 Å². The van der Waals surface area contributed by atoms with Crippen LogP contribution in [0.15, 0.2) is 70.3 Å². The molecule has 2 aliphatic rings. The number of rotatable bonds is 8. The van der Waals surface area contributed by atoms with Gasteiger partial charge in [0.05, 0.1) is 52.4 Å². The summed E-state index contributed by atoms with van der Waals surface area (Å²) < 4.78 is 52.7. The van der Waals surface area contributed by atoms with Gasteiger partial charge in [-0.3, -0.25) is 34.0 Å². The lowest BCUT2D eigenvalue weighted by atomic mass is 9.98. The largest absolute Gasteiger partial charge is 0.478 e. The third-order valence-electron chi connectivity index (χ3n) is 10.9. The van der Waals surface area contributed by atoms with E-state index in [9.17, 15) is 36.0 Å². The average Bonchev–Trinajstić information content (AvgIpc) is 3.87. The molecule has 2 saturated heterocycles. The number of anilines is 2. The van der Waals surface area contributed by atoms with Gasteiger partial charge in [0.25, 0.3) is 17.0 Å². The number of carbonyl (C=O) groups is 2. The maximum absolute atomic E-state index is 13.5. The van der Waals surface area contributed by atoms with Crippen LogP contribution < -0.4 is 25.9 Å². The topological polar surface area (TPSA) is 262 Å². The van der Waals surface area contributed by atoms with E-state index in [1.807, 2.05) is 26.0 Å². The van der Waals surface area contributed by atoms with Gasteiger partial charge in [0.15, 0.2) is 11.3 Å². The number of hydrogen-bond donors (Lipinski definition) is 6. The molecule has 336 valence electrons. The monoisotopic (exact) mass is 904 g/mol. The van der Waals surface area contributed by atoms with E-state index in [2.05, 4.69) is 34.9 Å². The molecule has 0 spiro atoms. The Morgan fingerprint density at radius 2 is 1.19 bits per heavy atom. The Balaban J connectivity index is 0.000000174. The summed E-state index contributed by atoms with van der Waals surface area (Å²) in [6.45, 7) is 8.80. The number of nitrogens with one attached hydrogen (secondary N) is 5. The number of aromatic carboxylic acids is 1. The number of H-pyrrole nitrogens is 2. The highest BCUT2D eigenvalue weighted by atomic mass is 32.2. The van der Waals surface area contributed by atoms with Crippen LogP contribution in [0.25, 0.3) is 11.3 Å². The molecule has 1 amide bonds. The number of aromatic nitrogens is 6. The summed E-state index contributed by atoms with van der Waals surface area (Å²) in [5, 5.41) is 18.5. The molecule has 6 aromatic rings. The summed E-state index contributed by atoms with van der Waals surface area (Å²) in [4.78, 5) is 59.5. The predicted molar refractivity (Wildman–Crippen MR) is 240 cm³/mol. The van der Waals surface area contributed by atoms with E-state index >= 15 is 0 Å². The number of para-hydroxylation sites is 2. The van der Waals surface area contributed by atoms with Crippen molar-refractivity contribution in [3.8, 4) is 0 Å². The van der Waals surface area contributed by atoms with Crippen LogP contribution in [0.1, 0.15) is 105 Å². The molecule has 0 aliphatic carbocycles. The standard InChI is InChI=1S/C21H25N5O4S.C13H18N4O.C8H9NO4S/c1-13-14(2)22-19-12-17(23-26(19)20(13)27)18-10-6-7-11-25(18)21(28)15-8-4-5-9-16(15)24-31(3,29)30;1-8-9(2)15-12-7-11(16-17(12)13(8)18)10-5-3-4-6-14-10;1-14(12,13)9-7-5-3-2-4-6(7)8(10)11/h4-5,8-9,12,18,23-24H,6-7,10-11H2,1-3H3;7,10,14,16H,3-6H2,1-2H3;2-5,9H,1H3,(H,10,11)/t18-;10-;/m00./s1. The normalized spacial score (nSPS) is 16.7. The zero-order chi connectivity index (χ0) is 45.8. The molecule has 63 heavy (non-hydrogen) atoms. The fraction of sp³-hybridized carbons (Fsp3) is 0.381. The molecule has 6 heterocycles. The van der Waals surface area contributed by atoms with Gasteiger partial charge in [0.2, 0.25) is 20.0 Å². The number of fused-ring (bicyclic) bond motifs is 2. The maximum atomic E-state index is 13.5. The first kappa shape index (κ1) is 46.2. The van der Waals surface area contributed by atoms with E-state index < -0.39 is 26.0 Å². The molecule has 8 rings (SSSR count). The second-order valence-electron chi connectivity index (χ2n) is 15.7. The van der Waals surface area contributed by atoms with Gasteiger partial charge in [-0.05, 0) is 90.6 Å². The number of carboxylic acid groups (broad SMARTS) is 1. The average molecular weight is 905 g/mol. The minimum atomic E-state index is -3.53. The summed E-state index contributed by atoms with van der Waals surface area (Å²) in [5.41, 5.74) is 6.16. The highest BCUT2D eigenvalue weighted by Crippen LogP contribution is 2.33.